The SMILES string of the molecule is O=C(COc1cc(Cl)ccc1Cl)N1CCC[C@H](c2nnc3ccccn23)C1. The van der Waals surface area contributed by atoms with Crippen molar-refractivity contribution in [1.29, 1.82) is 0 Å². The van der Waals surface area contributed by atoms with Crippen molar-refractivity contribution in [2.24, 2.45) is 0 Å². The Bertz CT molecular complexity index is 975. The number of ether oxygens (including phenoxy) is 1. The van der Waals surface area contributed by atoms with Crippen molar-refractivity contribution in [3.05, 3.63) is 58.5 Å². The molecule has 1 atom stereocenters. The summed E-state index contributed by atoms with van der Waals surface area (Å²) < 4.78 is 7.58. The van der Waals surface area contributed by atoms with Gasteiger partial charge in [-0.3, -0.25) is 9.20 Å². The number of hydrogen-bond donors (Lipinski definition) is 0. The molecule has 0 spiro atoms. The lowest BCUT2D eigenvalue weighted by molar-refractivity contribution is -0.134. The van der Waals surface area contributed by atoms with E-state index in [-0.39, 0.29) is 18.4 Å². The van der Waals surface area contributed by atoms with E-state index in [9.17, 15) is 4.79 Å². The van der Waals surface area contributed by atoms with Crippen LogP contribution in [0.3, 0.4) is 0 Å². The summed E-state index contributed by atoms with van der Waals surface area (Å²) in [5.41, 5.74) is 0.815. The molecule has 0 radical (unpaired) electrons. The summed E-state index contributed by atoms with van der Waals surface area (Å²) in [4.78, 5) is 14.4. The van der Waals surface area contributed by atoms with Gasteiger partial charge in [-0.25, -0.2) is 0 Å². The van der Waals surface area contributed by atoms with Crippen LogP contribution in [0, 0.1) is 0 Å². The van der Waals surface area contributed by atoms with Gasteiger partial charge in [-0.15, -0.1) is 10.2 Å². The minimum atomic E-state index is -0.0791. The van der Waals surface area contributed by atoms with E-state index in [4.69, 9.17) is 27.9 Å². The molecule has 4 rings (SSSR count). The zero-order valence-corrected chi connectivity index (χ0v) is 16.0. The third kappa shape index (κ3) is 3.87. The lowest BCUT2D eigenvalue weighted by Crippen LogP contribution is -2.42. The van der Waals surface area contributed by atoms with E-state index in [1.54, 1.807) is 18.2 Å². The highest BCUT2D eigenvalue weighted by Gasteiger charge is 2.28. The lowest BCUT2D eigenvalue weighted by Gasteiger charge is -2.32. The molecular formula is C19H18Cl2N4O2. The molecule has 0 bridgehead atoms. The Kier molecular flexibility index (Phi) is 5.18. The summed E-state index contributed by atoms with van der Waals surface area (Å²) in [5, 5.41) is 9.50. The van der Waals surface area contributed by atoms with E-state index in [2.05, 4.69) is 10.2 Å². The number of likely N-dealkylation sites (tertiary alicyclic amines) is 1. The van der Waals surface area contributed by atoms with E-state index in [0.717, 1.165) is 24.3 Å². The molecule has 1 aliphatic heterocycles. The topological polar surface area (TPSA) is 59.7 Å². The number of piperidine rings is 1. The Morgan fingerprint density at radius 2 is 2.11 bits per heavy atom. The van der Waals surface area contributed by atoms with Crippen molar-refractivity contribution in [2.45, 2.75) is 18.8 Å². The minimum Gasteiger partial charge on any atom is -0.482 e. The molecule has 0 unspecified atom stereocenters. The summed E-state index contributed by atoms with van der Waals surface area (Å²) in [5.74, 6) is 1.37. The van der Waals surface area contributed by atoms with Crippen LogP contribution >= 0.6 is 23.2 Å². The van der Waals surface area contributed by atoms with Gasteiger partial charge in [0.25, 0.3) is 5.91 Å². The molecule has 1 fully saturated rings. The van der Waals surface area contributed by atoms with E-state index in [1.165, 1.54) is 0 Å². The second kappa shape index (κ2) is 7.74. The maximum atomic E-state index is 12.6. The van der Waals surface area contributed by atoms with Crippen LogP contribution in [0.25, 0.3) is 5.65 Å². The molecule has 1 aliphatic rings. The van der Waals surface area contributed by atoms with Crippen molar-refractivity contribution >= 4 is 34.8 Å². The maximum Gasteiger partial charge on any atom is 0.260 e. The van der Waals surface area contributed by atoms with Crippen molar-refractivity contribution in [3.63, 3.8) is 0 Å². The second-order valence-corrected chi connectivity index (χ2v) is 7.37. The van der Waals surface area contributed by atoms with Crippen LogP contribution < -0.4 is 4.74 Å². The fourth-order valence-electron chi connectivity index (χ4n) is 3.37. The standard InChI is InChI=1S/C19H18Cl2N4O2/c20-14-6-7-15(21)16(10-14)27-12-18(26)24-8-3-4-13(11-24)19-23-22-17-5-1-2-9-25(17)19/h1-2,5-7,9-10,13H,3-4,8,11-12H2/t13-/m0/s1. The fraction of sp³-hybridized carbons (Fsp3) is 0.316. The van der Waals surface area contributed by atoms with Gasteiger partial charge in [0.1, 0.15) is 11.6 Å². The average Bonchev–Trinajstić information content (AvgIpc) is 3.13. The van der Waals surface area contributed by atoms with Gasteiger partial charge >= 0.3 is 0 Å². The van der Waals surface area contributed by atoms with Crippen LogP contribution in [-0.2, 0) is 4.79 Å². The van der Waals surface area contributed by atoms with Gasteiger partial charge in [0.2, 0.25) is 0 Å². The third-order valence-electron chi connectivity index (χ3n) is 4.72. The van der Waals surface area contributed by atoms with Crippen molar-refractivity contribution in [3.8, 4) is 5.75 Å². The quantitative estimate of drug-likeness (QED) is 0.662. The number of pyridine rings is 1. The molecule has 140 valence electrons. The van der Waals surface area contributed by atoms with Gasteiger partial charge < -0.3 is 9.64 Å². The minimum absolute atomic E-state index is 0.0760. The first-order chi connectivity index (χ1) is 13.1. The first-order valence-corrected chi connectivity index (χ1v) is 9.52. The van der Waals surface area contributed by atoms with Crippen molar-refractivity contribution in [2.75, 3.05) is 19.7 Å². The van der Waals surface area contributed by atoms with Crippen LogP contribution in [0.15, 0.2) is 42.6 Å². The largest absolute Gasteiger partial charge is 0.482 e. The number of hydrogen-bond acceptors (Lipinski definition) is 4. The van der Waals surface area contributed by atoms with Gasteiger partial charge in [-0.05, 0) is 37.1 Å². The van der Waals surface area contributed by atoms with Crippen LogP contribution in [0.5, 0.6) is 5.75 Å². The molecule has 3 aromatic rings. The summed E-state index contributed by atoms with van der Waals surface area (Å²) >= 11 is 12.0. The van der Waals surface area contributed by atoms with Crippen LogP contribution in [0.1, 0.15) is 24.6 Å². The Balaban J connectivity index is 1.43. The zero-order valence-electron chi connectivity index (χ0n) is 14.5. The van der Waals surface area contributed by atoms with Gasteiger partial charge in [0.15, 0.2) is 12.3 Å². The smallest absolute Gasteiger partial charge is 0.260 e. The molecule has 27 heavy (non-hydrogen) atoms. The summed E-state index contributed by atoms with van der Waals surface area (Å²) in [6.45, 7) is 1.23. The predicted octanol–water partition coefficient (Wildman–Crippen LogP) is 3.82. The Morgan fingerprint density at radius 1 is 1.22 bits per heavy atom. The number of halogens is 2. The van der Waals surface area contributed by atoms with E-state index in [0.29, 0.717) is 28.9 Å². The molecule has 0 saturated carbocycles. The number of rotatable bonds is 4. The second-order valence-electron chi connectivity index (χ2n) is 6.53. The third-order valence-corrected chi connectivity index (χ3v) is 5.27. The molecule has 1 aromatic carbocycles. The van der Waals surface area contributed by atoms with E-state index in [1.807, 2.05) is 33.7 Å². The lowest BCUT2D eigenvalue weighted by atomic mass is 9.97. The normalized spacial score (nSPS) is 17.3. The van der Waals surface area contributed by atoms with E-state index < -0.39 is 0 Å². The Hall–Kier alpha value is -2.31. The molecule has 2 aromatic heterocycles. The number of amides is 1. The number of carbonyl (C=O) groups excluding carboxylic acids is 1. The van der Waals surface area contributed by atoms with Gasteiger partial charge in [0.05, 0.1) is 5.02 Å². The van der Waals surface area contributed by atoms with Gasteiger partial charge in [-0.2, -0.15) is 0 Å². The number of aromatic nitrogens is 3. The first-order valence-electron chi connectivity index (χ1n) is 8.77. The highest BCUT2D eigenvalue weighted by Crippen LogP contribution is 2.29. The molecular weight excluding hydrogens is 387 g/mol. The zero-order chi connectivity index (χ0) is 18.8. The maximum absolute atomic E-state index is 12.6. The number of benzene rings is 1. The highest BCUT2D eigenvalue weighted by atomic mass is 35.5. The molecule has 1 saturated heterocycles. The van der Waals surface area contributed by atoms with Gasteiger partial charge in [-0.1, -0.05) is 29.3 Å². The molecule has 0 N–H and O–H groups in total. The van der Waals surface area contributed by atoms with Crippen molar-refractivity contribution in [1.82, 2.24) is 19.5 Å². The fourth-order valence-corrected chi connectivity index (χ4v) is 3.71. The summed E-state index contributed by atoms with van der Waals surface area (Å²) in [7, 11) is 0. The molecule has 1 amide bonds. The number of carbonyl (C=O) groups is 1. The van der Waals surface area contributed by atoms with Crippen LogP contribution in [-0.4, -0.2) is 45.1 Å². The van der Waals surface area contributed by atoms with E-state index >= 15 is 0 Å². The molecule has 8 heteroatoms. The predicted molar refractivity (Wildman–Crippen MR) is 103 cm³/mol. The molecule has 0 aliphatic carbocycles. The number of fused-ring (bicyclic) bond motifs is 1. The number of nitrogens with zero attached hydrogens (tertiary/aromatic N) is 4. The summed E-state index contributed by atoms with van der Waals surface area (Å²) in [6.07, 6.45) is 3.84. The van der Waals surface area contributed by atoms with Crippen molar-refractivity contribution < 1.29 is 9.53 Å². The van der Waals surface area contributed by atoms with Crippen LogP contribution in [0.4, 0.5) is 0 Å². The monoisotopic (exact) mass is 404 g/mol. The average molecular weight is 405 g/mol. The highest BCUT2D eigenvalue weighted by molar-refractivity contribution is 6.34. The molecule has 6 nitrogen and oxygen atoms in total. The Labute approximate surface area is 166 Å². The first kappa shape index (κ1) is 18.1. The van der Waals surface area contributed by atoms with Gasteiger partial charge in [0, 0.05) is 36.3 Å². The summed E-state index contributed by atoms with van der Waals surface area (Å²) in [6, 6.07) is 10.7. The Morgan fingerprint density at radius 3 is 3.00 bits per heavy atom. The van der Waals surface area contributed by atoms with Crippen LogP contribution in [0.2, 0.25) is 10.0 Å². The molecule has 3 heterocycles.